The average Bonchev–Trinajstić information content (AvgIpc) is 3.66. The molecule has 0 unspecified atom stereocenters. The second-order valence-corrected chi connectivity index (χ2v) is 13.6. The number of benzene rings is 2. The summed E-state index contributed by atoms with van der Waals surface area (Å²) >= 11 is 0. The Hall–Kier alpha value is -3.87. The van der Waals surface area contributed by atoms with E-state index in [0.717, 1.165) is 63.4 Å². The summed E-state index contributed by atoms with van der Waals surface area (Å²) in [6.45, 7) is 4.85. The third kappa shape index (κ3) is 5.07. The Bertz CT molecular complexity index is 1860. The Morgan fingerprint density at radius 2 is 1.89 bits per heavy atom. The molecule has 4 aromatic rings. The molecule has 238 valence electrons. The maximum Gasteiger partial charge on any atom is 0.319 e. The Kier molecular flexibility index (Phi) is 7.53. The molecule has 2 saturated heterocycles. The topological polar surface area (TPSA) is 75.2 Å². The van der Waals surface area contributed by atoms with Gasteiger partial charge >= 0.3 is 6.01 Å². The summed E-state index contributed by atoms with van der Waals surface area (Å²) in [5, 5.41) is 9.30. The molecule has 0 radical (unpaired) electrons. The number of hydrogen-bond acceptors (Lipinski definition) is 7. The molecule has 2 aromatic heterocycles. The fourth-order valence-electron chi connectivity index (χ4n) is 8.22. The van der Waals surface area contributed by atoms with Crippen LogP contribution >= 0.6 is 0 Å². The van der Waals surface area contributed by atoms with Crippen molar-refractivity contribution < 1.29 is 13.5 Å². The Morgan fingerprint density at radius 1 is 1.07 bits per heavy atom. The summed E-state index contributed by atoms with van der Waals surface area (Å²) < 4.78 is 38.4. The van der Waals surface area contributed by atoms with Crippen LogP contribution in [0.25, 0.3) is 32.9 Å². The van der Waals surface area contributed by atoms with Crippen molar-refractivity contribution in [3.63, 3.8) is 0 Å². The number of nitrogens with one attached hydrogen (secondary N) is 2. The number of pyridine rings is 1. The van der Waals surface area contributed by atoms with Crippen LogP contribution in [0.15, 0.2) is 30.3 Å². The second kappa shape index (κ2) is 11.7. The molecular weight excluding hydrogens is 582 g/mol. The van der Waals surface area contributed by atoms with Gasteiger partial charge in [0.25, 0.3) is 0 Å². The minimum Gasteiger partial charge on any atom is -0.461 e. The van der Waals surface area contributed by atoms with E-state index in [4.69, 9.17) is 26.1 Å². The monoisotopic (exact) mass is 622 g/mol. The lowest BCUT2D eigenvalue weighted by Gasteiger charge is -2.32. The van der Waals surface area contributed by atoms with Crippen molar-refractivity contribution in [3.05, 3.63) is 53.2 Å². The number of hydrogen-bond donors (Lipinski definition) is 2. The van der Waals surface area contributed by atoms with E-state index < -0.39 is 11.6 Å². The van der Waals surface area contributed by atoms with Gasteiger partial charge in [-0.25, -0.2) is 13.8 Å². The van der Waals surface area contributed by atoms with Gasteiger partial charge in [-0.3, -0.25) is 4.90 Å². The van der Waals surface area contributed by atoms with E-state index in [1.54, 1.807) is 12.1 Å². The zero-order valence-corrected chi connectivity index (χ0v) is 26.3. The molecule has 2 aromatic carbocycles. The van der Waals surface area contributed by atoms with Crippen LogP contribution in [0, 0.1) is 24.0 Å². The largest absolute Gasteiger partial charge is 0.461 e. The van der Waals surface area contributed by atoms with Crippen molar-refractivity contribution in [1.29, 1.82) is 0 Å². The van der Waals surface area contributed by atoms with E-state index in [1.807, 2.05) is 12.1 Å². The van der Waals surface area contributed by atoms with Gasteiger partial charge in [0, 0.05) is 29.1 Å². The van der Waals surface area contributed by atoms with Crippen LogP contribution in [-0.4, -0.2) is 63.2 Å². The maximum absolute atomic E-state index is 17.0. The Balaban J connectivity index is 1.28. The minimum absolute atomic E-state index is 0.00681. The number of halogens is 2. The fraction of sp³-hybridized carbons (Fsp3) is 0.486. The van der Waals surface area contributed by atoms with Crippen molar-refractivity contribution in [2.75, 3.05) is 25.0 Å². The van der Waals surface area contributed by atoms with E-state index in [1.165, 1.54) is 18.9 Å². The van der Waals surface area contributed by atoms with Gasteiger partial charge in [0.1, 0.15) is 29.5 Å². The van der Waals surface area contributed by atoms with Crippen LogP contribution in [0.5, 0.6) is 6.01 Å². The van der Waals surface area contributed by atoms with Crippen LogP contribution in [0.2, 0.25) is 0 Å². The first-order valence-electron chi connectivity index (χ1n) is 17.0. The highest BCUT2D eigenvalue weighted by Gasteiger charge is 2.45. The second-order valence-electron chi connectivity index (χ2n) is 13.6. The minimum atomic E-state index is -0.587. The first-order chi connectivity index (χ1) is 22.5. The van der Waals surface area contributed by atoms with Crippen molar-refractivity contribution in [1.82, 2.24) is 25.2 Å². The molecule has 4 aliphatic rings. The van der Waals surface area contributed by atoms with Gasteiger partial charge in [-0.1, -0.05) is 37.1 Å². The highest BCUT2D eigenvalue weighted by molar-refractivity contribution is 6.02. The van der Waals surface area contributed by atoms with Crippen molar-refractivity contribution in [2.45, 2.75) is 94.8 Å². The van der Waals surface area contributed by atoms with Gasteiger partial charge in [-0.15, -0.1) is 6.42 Å². The number of rotatable bonds is 8. The van der Waals surface area contributed by atoms with Gasteiger partial charge < -0.3 is 15.4 Å². The molecule has 0 spiro atoms. The third-order valence-corrected chi connectivity index (χ3v) is 10.7. The molecule has 0 amide bonds. The molecule has 2 N–H and O–H groups in total. The van der Waals surface area contributed by atoms with Gasteiger partial charge in [0.15, 0.2) is 5.82 Å². The lowest BCUT2D eigenvalue weighted by atomic mass is 9.93. The first kappa shape index (κ1) is 29.5. The third-order valence-electron chi connectivity index (χ3n) is 10.7. The zero-order chi connectivity index (χ0) is 31.4. The fourth-order valence-corrected chi connectivity index (χ4v) is 8.22. The van der Waals surface area contributed by atoms with Crippen LogP contribution in [0.1, 0.15) is 76.0 Å². The molecule has 8 rings (SSSR count). The normalized spacial score (nSPS) is 21.4. The summed E-state index contributed by atoms with van der Waals surface area (Å²) in [6, 6.07) is 9.55. The molecule has 0 bridgehead atoms. The lowest BCUT2D eigenvalue weighted by Crippen LogP contribution is -2.45. The van der Waals surface area contributed by atoms with E-state index in [2.05, 4.69) is 28.4 Å². The molecule has 1 saturated carbocycles. The smallest absolute Gasteiger partial charge is 0.319 e. The van der Waals surface area contributed by atoms with Crippen LogP contribution in [0.4, 0.5) is 14.6 Å². The predicted octanol–water partition coefficient (Wildman–Crippen LogP) is 6.76. The van der Waals surface area contributed by atoms with E-state index in [0.29, 0.717) is 46.9 Å². The molecule has 7 nitrogen and oxygen atoms in total. The lowest BCUT2D eigenvalue weighted by molar-refractivity contribution is 0.108. The molecule has 3 aliphatic heterocycles. The predicted molar refractivity (Wildman–Crippen MR) is 177 cm³/mol. The van der Waals surface area contributed by atoms with E-state index >= 15 is 4.39 Å². The SMILES string of the molecule is C#Cc1c(F)ccc2cccc(-c3nc4c5c(nc(OCC67CCCN6CCC7)nc5c3F)N[C@@H]([C@H](CC)NC3CC3)CCC4)c12. The van der Waals surface area contributed by atoms with Crippen LogP contribution < -0.4 is 15.4 Å². The van der Waals surface area contributed by atoms with Crippen molar-refractivity contribution in [3.8, 4) is 29.6 Å². The number of terminal acetylenes is 1. The highest BCUT2D eigenvalue weighted by Crippen LogP contribution is 2.41. The standard InChI is InChI=1S/C37H40F2N6O/c1-3-24-26(38)16-13-22-9-5-10-25(30(22)24)33-32(39)34-31-29(41-33)12-6-11-28(27(4-2)40-23-14-15-23)42-35(31)44-36(43-34)46-21-37-17-7-19-45(37)20-8-18-37/h1,5,9-10,13,16,23,27-28,40H,4,6-8,11-12,14-15,17-21H2,2H3,(H,42,43,44)/t27-,28+/m0/s1. The summed E-state index contributed by atoms with van der Waals surface area (Å²) in [7, 11) is 0. The first-order valence-corrected chi connectivity index (χ1v) is 17.0. The van der Waals surface area contributed by atoms with Gasteiger partial charge in [-0.2, -0.15) is 9.97 Å². The number of anilines is 1. The molecule has 1 aliphatic carbocycles. The summed E-state index contributed by atoms with van der Waals surface area (Å²) in [5.74, 6) is 1.95. The van der Waals surface area contributed by atoms with Crippen molar-refractivity contribution >= 4 is 27.5 Å². The maximum atomic E-state index is 17.0. The molecule has 2 atom stereocenters. The zero-order valence-electron chi connectivity index (χ0n) is 26.3. The average molecular weight is 623 g/mol. The number of aromatic nitrogens is 3. The van der Waals surface area contributed by atoms with Gasteiger partial charge in [0.2, 0.25) is 0 Å². The highest BCUT2D eigenvalue weighted by atomic mass is 19.1. The summed E-state index contributed by atoms with van der Waals surface area (Å²) in [6.07, 6.45) is 16.0. The van der Waals surface area contributed by atoms with Crippen molar-refractivity contribution in [2.24, 2.45) is 0 Å². The molecular formula is C37H40F2N6O. The molecule has 5 heterocycles. The van der Waals surface area contributed by atoms with Gasteiger partial charge in [0.05, 0.1) is 22.2 Å². The molecule has 9 heteroatoms. The number of nitrogens with zero attached hydrogens (tertiary/aromatic N) is 4. The number of fused-ring (bicyclic) bond motifs is 2. The van der Waals surface area contributed by atoms with Crippen LogP contribution in [-0.2, 0) is 6.42 Å². The molecule has 3 fully saturated rings. The van der Waals surface area contributed by atoms with E-state index in [-0.39, 0.29) is 40.4 Å². The number of aryl methyl sites for hydroxylation is 1. The van der Waals surface area contributed by atoms with Gasteiger partial charge in [-0.05, 0) is 88.8 Å². The molecule has 46 heavy (non-hydrogen) atoms. The summed E-state index contributed by atoms with van der Waals surface area (Å²) in [4.78, 5) is 17.2. The Labute approximate surface area is 268 Å². The number of ether oxygens (including phenoxy) is 1. The van der Waals surface area contributed by atoms with E-state index in [9.17, 15) is 4.39 Å². The van der Waals surface area contributed by atoms with Crippen LogP contribution in [0.3, 0.4) is 0 Å². The quantitative estimate of drug-likeness (QED) is 0.210. The Morgan fingerprint density at radius 3 is 2.65 bits per heavy atom. The summed E-state index contributed by atoms with van der Waals surface area (Å²) in [5.41, 5.74) is 1.53.